The van der Waals surface area contributed by atoms with Crippen molar-refractivity contribution < 1.29 is 0 Å². The van der Waals surface area contributed by atoms with E-state index in [-0.39, 0.29) is 6.04 Å². The van der Waals surface area contributed by atoms with Crippen LogP contribution in [0.3, 0.4) is 0 Å². The molecule has 1 rings (SSSR count). The highest BCUT2D eigenvalue weighted by atomic mass is 14.6. The number of hydrogen-bond acceptors (Lipinski definition) is 2. The van der Waals surface area contributed by atoms with Crippen molar-refractivity contribution in [2.75, 3.05) is 0 Å². The van der Waals surface area contributed by atoms with Crippen LogP contribution in [0.25, 0.3) is 0 Å². The summed E-state index contributed by atoms with van der Waals surface area (Å²) >= 11 is 0. The van der Waals surface area contributed by atoms with Crippen molar-refractivity contribution >= 4 is 0 Å². The van der Waals surface area contributed by atoms with Gasteiger partial charge in [0.1, 0.15) is 0 Å². The number of nitrogens with two attached hydrogens (primary N) is 2. The predicted molar refractivity (Wildman–Crippen MR) is 56.2 cm³/mol. The summed E-state index contributed by atoms with van der Waals surface area (Å²) in [4.78, 5) is 0. The summed E-state index contributed by atoms with van der Waals surface area (Å²) in [5.74, 6) is 0. The molecule has 1 atom stereocenters. The van der Waals surface area contributed by atoms with E-state index in [2.05, 4.69) is 19.1 Å². The van der Waals surface area contributed by atoms with Crippen molar-refractivity contribution in [3.63, 3.8) is 0 Å². The Morgan fingerprint density at radius 1 is 1.23 bits per heavy atom. The molecule has 0 heterocycles. The van der Waals surface area contributed by atoms with E-state index >= 15 is 0 Å². The van der Waals surface area contributed by atoms with Crippen LogP contribution >= 0.6 is 0 Å². The van der Waals surface area contributed by atoms with Crippen LogP contribution in [0.2, 0.25) is 0 Å². The zero-order chi connectivity index (χ0) is 9.68. The quantitative estimate of drug-likeness (QED) is 0.740. The fraction of sp³-hybridized carbons (Fsp3) is 0.455. The van der Waals surface area contributed by atoms with Crippen LogP contribution in [0.5, 0.6) is 0 Å². The molecule has 72 valence electrons. The third-order valence-corrected chi connectivity index (χ3v) is 2.24. The molecular weight excluding hydrogens is 160 g/mol. The van der Waals surface area contributed by atoms with Gasteiger partial charge in [-0.1, -0.05) is 37.6 Å². The Balaban J connectivity index is 2.67. The zero-order valence-corrected chi connectivity index (χ0v) is 8.16. The average molecular weight is 178 g/mol. The van der Waals surface area contributed by atoms with Crippen LogP contribution in [0.1, 0.15) is 36.9 Å². The van der Waals surface area contributed by atoms with Gasteiger partial charge in [-0.2, -0.15) is 0 Å². The van der Waals surface area contributed by atoms with Crippen LogP contribution in [0.15, 0.2) is 24.3 Å². The van der Waals surface area contributed by atoms with Gasteiger partial charge in [-0.3, -0.25) is 0 Å². The fourth-order valence-electron chi connectivity index (χ4n) is 1.38. The van der Waals surface area contributed by atoms with Gasteiger partial charge in [-0.15, -0.1) is 0 Å². The summed E-state index contributed by atoms with van der Waals surface area (Å²) in [5.41, 5.74) is 13.8. The van der Waals surface area contributed by atoms with Crippen molar-refractivity contribution in [2.45, 2.75) is 32.4 Å². The molecule has 0 aromatic heterocycles. The number of hydrogen-bond donors (Lipinski definition) is 2. The minimum Gasteiger partial charge on any atom is -0.326 e. The molecule has 0 spiro atoms. The van der Waals surface area contributed by atoms with Gasteiger partial charge in [0.05, 0.1) is 0 Å². The first-order valence-electron chi connectivity index (χ1n) is 4.82. The molecule has 1 aromatic carbocycles. The molecule has 0 amide bonds. The minimum absolute atomic E-state index is 0.178. The number of rotatable bonds is 4. The summed E-state index contributed by atoms with van der Waals surface area (Å²) < 4.78 is 0. The summed E-state index contributed by atoms with van der Waals surface area (Å²) in [6.45, 7) is 2.75. The molecule has 0 saturated heterocycles. The highest BCUT2D eigenvalue weighted by molar-refractivity contribution is 5.24. The van der Waals surface area contributed by atoms with Crippen LogP contribution in [0, 0.1) is 0 Å². The van der Waals surface area contributed by atoms with Crippen LogP contribution in [-0.2, 0) is 6.54 Å². The van der Waals surface area contributed by atoms with E-state index < -0.39 is 0 Å². The predicted octanol–water partition coefficient (Wildman–Crippen LogP) is 1.95. The minimum atomic E-state index is 0.178. The molecule has 0 radical (unpaired) electrons. The smallest absolute Gasteiger partial charge is 0.0294 e. The highest BCUT2D eigenvalue weighted by Crippen LogP contribution is 2.15. The van der Waals surface area contributed by atoms with Crippen molar-refractivity contribution in [3.05, 3.63) is 35.4 Å². The van der Waals surface area contributed by atoms with E-state index in [1.54, 1.807) is 0 Å². The second-order valence-corrected chi connectivity index (χ2v) is 3.34. The average Bonchev–Trinajstić information content (AvgIpc) is 2.18. The second-order valence-electron chi connectivity index (χ2n) is 3.34. The lowest BCUT2D eigenvalue weighted by Crippen LogP contribution is -2.09. The molecule has 0 aliphatic heterocycles. The van der Waals surface area contributed by atoms with Gasteiger partial charge < -0.3 is 11.5 Å². The molecule has 1 aromatic rings. The molecule has 0 bridgehead atoms. The molecule has 13 heavy (non-hydrogen) atoms. The molecule has 2 nitrogen and oxygen atoms in total. The Labute approximate surface area is 79.9 Å². The first-order valence-corrected chi connectivity index (χ1v) is 4.82. The van der Waals surface area contributed by atoms with Gasteiger partial charge in [0.2, 0.25) is 0 Å². The first kappa shape index (κ1) is 10.2. The van der Waals surface area contributed by atoms with Crippen LogP contribution in [-0.4, -0.2) is 0 Å². The molecule has 2 heteroatoms. The topological polar surface area (TPSA) is 52.0 Å². The van der Waals surface area contributed by atoms with Gasteiger partial charge in [0.25, 0.3) is 0 Å². The largest absolute Gasteiger partial charge is 0.326 e. The standard InChI is InChI=1S/C11H18N2/c1-2-3-11(13)10-6-4-9(8-12)5-7-10/h4-7,11H,2-3,8,12-13H2,1H3. The lowest BCUT2D eigenvalue weighted by molar-refractivity contribution is 0.638. The maximum absolute atomic E-state index is 5.97. The summed E-state index contributed by atoms with van der Waals surface area (Å²) in [6, 6.07) is 8.41. The molecule has 0 saturated carbocycles. The summed E-state index contributed by atoms with van der Waals surface area (Å²) in [5, 5.41) is 0. The van der Waals surface area contributed by atoms with E-state index in [0.29, 0.717) is 6.54 Å². The second kappa shape index (κ2) is 5.00. The van der Waals surface area contributed by atoms with Crippen LogP contribution in [0.4, 0.5) is 0 Å². The summed E-state index contributed by atoms with van der Waals surface area (Å²) in [6.07, 6.45) is 2.17. The van der Waals surface area contributed by atoms with E-state index in [9.17, 15) is 0 Å². The van der Waals surface area contributed by atoms with Gasteiger partial charge >= 0.3 is 0 Å². The van der Waals surface area contributed by atoms with E-state index in [1.807, 2.05) is 12.1 Å². The van der Waals surface area contributed by atoms with Gasteiger partial charge in [-0.25, -0.2) is 0 Å². The molecule has 1 unspecified atom stereocenters. The Kier molecular flexibility index (Phi) is 3.93. The maximum atomic E-state index is 5.97. The van der Waals surface area contributed by atoms with Gasteiger partial charge in [0, 0.05) is 12.6 Å². The fourth-order valence-corrected chi connectivity index (χ4v) is 1.38. The molecule has 4 N–H and O–H groups in total. The Hall–Kier alpha value is -0.860. The lowest BCUT2D eigenvalue weighted by atomic mass is 10.0. The van der Waals surface area contributed by atoms with Crippen molar-refractivity contribution in [2.24, 2.45) is 11.5 Å². The Morgan fingerprint density at radius 2 is 1.85 bits per heavy atom. The SMILES string of the molecule is CCCC(N)c1ccc(CN)cc1. The molecule has 0 aliphatic carbocycles. The van der Waals surface area contributed by atoms with E-state index in [0.717, 1.165) is 18.4 Å². The van der Waals surface area contributed by atoms with Crippen molar-refractivity contribution in [1.29, 1.82) is 0 Å². The lowest BCUT2D eigenvalue weighted by Gasteiger charge is -2.10. The van der Waals surface area contributed by atoms with E-state index in [1.165, 1.54) is 5.56 Å². The molecule has 0 fully saturated rings. The first-order chi connectivity index (χ1) is 6.27. The Morgan fingerprint density at radius 3 is 2.31 bits per heavy atom. The molecular formula is C11H18N2. The third-order valence-electron chi connectivity index (χ3n) is 2.24. The molecule has 0 aliphatic rings. The maximum Gasteiger partial charge on any atom is 0.0294 e. The van der Waals surface area contributed by atoms with Crippen molar-refractivity contribution in [1.82, 2.24) is 0 Å². The highest BCUT2D eigenvalue weighted by Gasteiger charge is 2.03. The van der Waals surface area contributed by atoms with Crippen molar-refractivity contribution in [3.8, 4) is 0 Å². The normalized spacial score (nSPS) is 12.8. The third kappa shape index (κ3) is 2.83. The van der Waals surface area contributed by atoms with Crippen LogP contribution < -0.4 is 11.5 Å². The zero-order valence-electron chi connectivity index (χ0n) is 8.16. The Bertz CT molecular complexity index is 241. The van der Waals surface area contributed by atoms with Gasteiger partial charge in [0.15, 0.2) is 0 Å². The summed E-state index contributed by atoms with van der Waals surface area (Å²) in [7, 11) is 0. The number of benzene rings is 1. The monoisotopic (exact) mass is 178 g/mol. The van der Waals surface area contributed by atoms with E-state index in [4.69, 9.17) is 11.5 Å². The van der Waals surface area contributed by atoms with Gasteiger partial charge in [-0.05, 0) is 17.5 Å².